The van der Waals surface area contributed by atoms with Gasteiger partial charge in [-0.05, 0) is 26.8 Å². The Morgan fingerprint density at radius 2 is 1.95 bits per heavy atom. The van der Waals surface area contributed by atoms with Crippen LogP contribution >= 0.6 is 0 Å². The molecule has 2 aromatic rings. The molecule has 0 bridgehead atoms. The van der Waals surface area contributed by atoms with Gasteiger partial charge in [-0.2, -0.15) is 13.2 Å². The Morgan fingerprint density at radius 1 is 1.29 bits per heavy atom. The molecule has 0 aliphatic heterocycles. The maximum Gasteiger partial charge on any atom is 0.416 e. The van der Waals surface area contributed by atoms with Gasteiger partial charge in [0.2, 0.25) is 0 Å². The minimum absolute atomic E-state index is 0.147. The van der Waals surface area contributed by atoms with E-state index in [0.29, 0.717) is 11.9 Å². The van der Waals surface area contributed by atoms with Crippen LogP contribution < -0.4 is 5.56 Å². The molecular weight excluding hydrogens is 283 g/mol. The molecule has 114 valence electrons. The number of alkyl halides is 3. The topological polar surface area (TPSA) is 39.8 Å². The van der Waals surface area contributed by atoms with Crippen molar-refractivity contribution in [1.82, 2.24) is 14.1 Å². The molecule has 2 heterocycles. The van der Waals surface area contributed by atoms with Gasteiger partial charge < -0.3 is 9.13 Å². The fourth-order valence-corrected chi connectivity index (χ4v) is 2.17. The lowest BCUT2D eigenvalue weighted by Gasteiger charge is -2.15. The van der Waals surface area contributed by atoms with Crippen LogP contribution in [0.15, 0.2) is 29.3 Å². The average Bonchev–Trinajstić information content (AvgIpc) is 2.80. The Hall–Kier alpha value is -2.05. The van der Waals surface area contributed by atoms with Crippen molar-refractivity contribution in [3.63, 3.8) is 0 Å². The zero-order valence-corrected chi connectivity index (χ0v) is 12.0. The first-order chi connectivity index (χ1) is 9.70. The summed E-state index contributed by atoms with van der Waals surface area (Å²) in [6.07, 6.45) is -1.12. The first-order valence-corrected chi connectivity index (χ1v) is 6.50. The second-order valence-electron chi connectivity index (χ2n) is 5.15. The van der Waals surface area contributed by atoms with Gasteiger partial charge >= 0.3 is 6.18 Å². The lowest BCUT2D eigenvalue weighted by Crippen LogP contribution is -2.26. The average molecular weight is 299 g/mol. The molecule has 0 spiro atoms. The van der Waals surface area contributed by atoms with E-state index in [0.717, 1.165) is 6.07 Å². The van der Waals surface area contributed by atoms with E-state index in [1.54, 1.807) is 12.4 Å². The molecule has 21 heavy (non-hydrogen) atoms. The summed E-state index contributed by atoms with van der Waals surface area (Å²) in [4.78, 5) is 16.1. The molecule has 4 nitrogen and oxygen atoms in total. The minimum Gasteiger partial charge on any atom is -0.331 e. The van der Waals surface area contributed by atoms with Gasteiger partial charge in [0.1, 0.15) is 5.82 Å². The number of pyridine rings is 1. The van der Waals surface area contributed by atoms with Crippen molar-refractivity contribution in [1.29, 1.82) is 0 Å². The molecule has 0 saturated carbocycles. The zero-order valence-electron chi connectivity index (χ0n) is 12.0. The van der Waals surface area contributed by atoms with E-state index >= 15 is 0 Å². The summed E-state index contributed by atoms with van der Waals surface area (Å²) in [6.45, 7) is 5.56. The van der Waals surface area contributed by atoms with Crippen molar-refractivity contribution in [3.05, 3.63) is 52.0 Å². The molecule has 0 amide bonds. The quantitative estimate of drug-likeness (QED) is 0.874. The fraction of sp³-hybridized carbons (Fsp3) is 0.429. The van der Waals surface area contributed by atoms with Crippen molar-refractivity contribution in [2.45, 2.75) is 39.5 Å². The molecule has 0 fully saturated rings. The number of rotatable bonds is 3. The number of aryl methyl sites for hydroxylation is 1. The van der Waals surface area contributed by atoms with E-state index in [9.17, 15) is 18.0 Å². The summed E-state index contributed by atoms with van der Waals surface area (Å²) in [5.74, 6) is 0.634. The third-order valence-corrected chi connectivity index (χ3v) is 3.27. The third-order valence-electron chi connectivity index (χ3n) is 3.27. The van der Waals surface area contributed by atoms with Gasteiger partial charge in [0.25, 0.3) is 5.56 Å². The minimum atomic E-state index is -4.51. The summed E-state index contributed by atoms with van der Waals surface area (Å²) in [5, 5.41) is 0. The lowest BCUT2D eigenvalue weighted by atomic mass is 10.2. The Kier molecular flexibility index (Phi) is 3.93. The van der Waals surface area contributed by atoms with Gasteiger partial charge in [-0.1, -0.05) is 0 Å². The van der Waals surface area contributed by atoms with Crippen molar-refractivity contribution in [2.24, 2.45) is 0 Å². The highest BCUT2D eigenvalue weighted by Crippen LogP contribution is 2.28. The van der Waals surface area contributed by atoms with Crippen LogP contribution in [0.5, 0.6) is 0 Å². The molecule has 7 heteroatoms. The maximum atomic E-state index is 12.7. The highest BCUT2D eigenvalue weighted by atomic mass is 19.4. The van der Waals surface area contributed by atoms with Crippen molar-refractivity contribution < 1.29 is 13.2 Å². The fourth-order valence-electron chi connectivity index (χ4n) is 2.17. The monoisotopic (exact) mass is 299 g/mol. The maximum absolute atomic E-state index is 12.7. The highest BCUT2D eigenvalue weighted by Gasteiger charge is 2.31. The van der Waals surface area contributed by atoms with Crippen LogP contribution in [0, 0.1) is 6.92 Å². The van der Waals surface area contributed by atoms with Crippen LogP contribution in [0.2, 0.25) is 0 Å². The predicted molar refractivity (Wildman–Crippen MR) is 72.2 cm³/mol. The van der Waals surface area contributed by atoms with Crippen LogP contribution in [0.25, 0.3) is 0 Å². The molecule has 0 unspecified atom stereocenters. The van der Waals surface area contributed by atoms with Crippen LogP contribution in [0.1, 0.15) is 37.0 Å². The normalized spacial score (nSPS) is 12.1. The molecule has 0 aromatic carbocycles. The molecule has 0 radical (unpaired) electrons. The van der Waals surface area contributed by atoms with Gasteiger partial charge in [-0.3, -0.25) is 4.79 Å². The second kappa shape index (κ2) is 5.38. The van der Waals surface area contributed by atoms with E-state index in [1.165, 1.54) is 11.5 Å². The molecule has 0 aliphatic rings. The first-order valence-electron chi connectivity index (χ1n) is 6.50. The van der Waals surface area contributed by atoms with Gasteiger partial charge in [0, 0.05) is 30.2 Å². The van der Waals surface area contributed by atoms with E-state index < -0.39 is 17.3 Å². The Bertz CT molecular complexity index is 698. The summed E-state index contributed by atoms with van der Waals surface area (Å²) in [5.41, 5.74) is -1.35. The Morgan fingerprint density at radius 3 is 2.48 bits per heavy atom. The zero-order chi connectivity index (χ0) is 15.8. The number of hydrogen-bond acceptors (Lipinski definition) is 2. The molecule has 0 N–H and O–H groups in total. The first kappa shape index (κ1) is 15.3. The SMILES string of the molecule is Cc1cc(C(F)(F)F)cc(=O)n1Cc1nccn1C(C)C. The smallest absolute Gasteiger partial charge is 0.331 e. The highest BCUT2D eigenvalue weighted by molar-refractivity contribution is 5.20. The summed E-state index contributed by atoms with van der Waals surface area (Å²) in [7, 11) is 0. The molecule has 0 aliphatic carbocycles. The molecule has 2 aromatic heterocycles. The van der Waals surface area contributed by atoms with Crippen molar-refractivity contribution in [3.8, 4) is 0 Å². The number of imidazole rings is 1. The lowest BCUT2D eigenvalue weighted by molar-refractivity contribution is -0.137. The number of hydrogen-bond donors (Lipinski definition) is 0. The number of halogens is 3. The standard InChI is InChI=1S/C14H16F3N3O/c1-9(2)19-5-4-18-12(19)8-20-10(3)6-11(7-13(20)21)14(15,16)17/h4-7,9H,8H2,1-3H3. The summed E-state index contributed by atoms with van der Waals surface area (Å²) < 4.78 is 41.2. The molecule has 2 rings (SSSR count). The number of nitrogens with zero attached hydrogens (tertiary/aromatic N) is 3. The van der Waals surface area contributed by atoms with E-state index in [1.807, 2.05) is 18.4 Å². The van der Waals surface area contributed by atoms with Crippen LogP contribution in [-0.4, -0.2) is 14.1 Å². The molecule has 0 atom stereocenters. The van der Waals surface area contributed by atoms with E-state index in [-0.39, 0.29) is 18.3 Å². The van der Waals surface area contributed by atoms with Gasteiger partial charge in [-0.15, -0.1) is 0 Å². The van der Waals surface area contributed by atoms with Crippen molar-refractivity contribution >= 4 is 0 Å². The predicted octanol–water partition coefficient (Wildman–Crippen LogP) is 3.00. The van der Waals surface area contributed by atoms with Gasteiger partial charge in [0.05, 0.1) is 12.1 Å². The Balaban J connectivity index is 2.42. The van der Waals surface area contributed by atoms with E-state index in [2.05, 4.69) is 4.98 Å². The summed E-state index contributed by atoms with van der Waals surface area (Å²) in [6, 6.07) is 1.76. The second-order valence-corrected chi connectivity index (χ2v) is 5.15. The molecule has 0 saturated heterocycles. The van der Waals surface area contributed by atoms with Crippen LogP contribution in [0.4, 0.5) is 13.2 Å². The van der Waals surface area contributed by atoms with Crippen molar-refractivity contribution in [2.75, 3.05) is 0 Å². The Labute approximate surface area is 119 Å². The molecular formula is C14H16F3N3O. The largest absolute Gasteiger partial charge is 0.416 e. The van der Waals surface area contributed by atoms with Gasteiger partial charge in [0.15, 0.2) is 0 Å². The summed E-state index contributed by atoms with van der Waals surface area (Å²) >= 11 is 0. The van der Waals surface area contributed by atoms with Crippen LogP contribution in [-0.2, 0) is 12.7 Å². The van der Waals surface area contributed by atoms with Crippen LogP contribution in [0.3, 0.4) is 0 Å². The van der Waals surface area contributed by atoms with E-state index in [4.69, 9.17) is 0 Å². The number of aromatic nitrogens is 3. The van der Waals surface area contributed by atoms with Gasteiger partial charge in [-0.25, -0.2) is 4.98 Å². The third kappa shape index (κ3) is 3.17.